The normalized spacial score (nSPS) is 16.2. The van der Waals surface area contributed by atoms with Crippen LogP contribution in [-0.4, -0.2) is 61.9 Å². The molecule has 0 bridgehead atoms. The van der Waals surface area contributed by atoms with Gasteiger partial charge in [0.25, 0.3) is 5.91 Å². The van der Waals surface area contributed by atoms with E-state index in [1.807, 2.05) is 4.90 Å². The predicted molar refractivity (Wildman–Crippen MR) is 81.5 cm³/mol. The number of nitrogens with two attached hydrogens (primary N) is 1. The number of hydrogen-bond donors (Lipinski definition) is 2. The van der Waals surface area contributed by atoms with E-state index in [0.29, 0.717) is 5.75 Å². The molecule has 7 heteroatoms. The minimum Gasteiger partial charge on any atom is -0.484 e. The van der Waals surface area contributed by atoms with Crippen molar-refractivity contribution in [1.29, 1.82) is 0 Å². The SMILES string of the molecule is CN1CCN(C(=O)COc2ccc(N=CNN)cc2)CC1. The van der Waals surface area contributed by atoms with Crippen molar-refractivity contribution in [3.63, 3.8) is 0 Å². The zero-order valence-corrected chi connectivity index (χ0v) is 12.2. The summed E-state index contributed by atoms with van der Waals surface area (Å²) in [5.74, 6) is 5.77. The van der Waals surface area contributed by atoms with Gasteiger partial charge in [-0.15, -0.1) is 0 Å². The molecule has 0 aliphatic carbocycles. The van der Waals surface area contributed by atoms with Crippen LogP contribution < -0.4 is 16.0 Å². The highest BCUT2D eigenvalue weighted by Gasteiger charge is 2.19. The zero-order chi connectivity index (χ0) is 15.1. The molecule has 0 saturated carbocycles. The molecule has 114 valence electrons. The van der Waals surface area contributed by atoms with Crippen molar-refractivity contribution < 1.29 is 9.53 Å². The zero-order valence-electron chi connectivity index (χ0n) is 12.2. The number of nitrogens with one attached hydrogen (secondary N) is 1. The summed E-state index contributed by atoms with van der Waals surface area (Å²) in [4.78, 5) is 20.1. The first-order valence-corrected chi connectivity index (χ1v) is 6.87. The number of piperazine rings is 1. The van der Waals surface area contributed by atoms with E-state index in [1.165, 1.54) is 6.34 Å². The van der Waals surface area contributed by atoms with Crippen LogP contribution in [-0.2, 0) is 4.79 Å². The molecule has 0 radical (unpaired) electrons. The molecule has 1 aromatic rings. The van der Waals surface area contributed by atoms with Crippen LogP contribution in [0.2, 0.25) is 0 Å². The molecule has 2 rings (SSSR count). The number of rotatable bonds is 5. The van der Waals surface area contributed by atoms with Crippen molar-refractivity contribution in [3.8, 4) is 5.75 Å². The van der Waals surface area contributed by atoms with Gasteiger partial charge in [-0.3, -0.25) is 4.79 Å². The molecule has 1 aromatic carbocycles. The van der Waals surface area contributed by atoms with Gasteiger partial charge < -0.3 is 20.0 Å². The number of hydrogen-bond acceptors (Lipinski definition) is 5. The maximum Gasteiger partial charge on any atom is 0.260 e. The highest BCUT2D eigenvalue weighted by atomic mass is 16.5. The molecule has 1 aliphatic rings. The number of carbonyl (C=O) groups excluding carboxylic acids is 1. The van der Waals surface area contributed by atoms with Gasteiger partial charge in [-0.05, 0) is 31.3 Å². The maximum absolute atomic E-state index is 12.0. The van der Waals surface area contributed by atoms with Crippen molar-refractivity contribution >= 4 is 17.9 Å². The van der Waals surface area contributed by atoms with Crippen LogP contribution in [0, 0.1) is 0 Å². The summed E-state index contributed by atoms with van der Waals surface area (Å²) in [7, 11) is 2.06. The van der Waals surface area contributed by atoms with E-state index in [4.69, 9.17) is 10.6 Å². The molecule has 21 heavy (non-hydrogen) atoms. The first-order chi connectivity index (χ1) is 10.2. The Balaban J connectivity index is 1.79. The van der Waals surface area contributed by atoms with Gasteiger partial charge >= 0.3 is 0 Å². The largest absolute Gasteiger partial charge is 0.484 e. The lowest BCUT2D eigenvalue weighted by Crippen LogP contribution is -2.48. The van der Waals surface area contributed by atoms with Gasteiger partial charge in [-0.2, -0.15) is 0 Å². The molecule has 1 fully saturated rings. The highest BCUT2D eigenvalue weighted by Crippen LogP contribution is 2.17. The number of nitrogens with zero attached hydrogens (tertiary/aromatic N) is 3. The third kappa shape index (κ3) is 4.73. The Bertz CT molecular complexity index is 481. The van der Waals surface area contributed by atoms with E-state index in [0.717, 1.165) is 31.9 Å². The van der Waals surface area contributed by atoms with Gasteiger partial charge in [0.1, 0.15) is 12.1 Å². The lowest BCUT2D eigenvalue weighted by atomic mass is 10.3. The Morgan fingerprint density at radius 1 is 1.33 bits per heavy atom. The van der Waals surface area contributed by atoms with Crippen LogP contribution >= 0.6 is 0 Å². The van der Waals surface area contributed by atoms with Gasteiger partial charge in [-0.1, -0.05) is 0 Å². The Hall–Kier alpha value is -2.12. The van der Waals surface area contributed by atoms with Gasteiger partial charge in [0.15, 0.2) is 6.61 Å². The second kappa shape index (κ2) is 7.61. The Kier molecular flexibility index (Phi) is 5.53. The van der Waals surface area contributed by atoms with E-state index in [1.54, 1.807) is 24.3 Å². The smallest absolute Gasteiger partial charge is 0.260 e. The quantitative estimate of drug-likeness (QED) is 0.344. The van der Waals surface area contributed by atoms with Crippen molar-refractivity contribution in [2.75, 3.05) is 39.8 Å². The summed E-state index contributed by atoms with van der Waals surface area (Å²) in [6, 6.07) is 7.15. The number of ether oxygens (including phenoxy) is 1. The predicted octanol–water partition coefficient (Wildman–Crippen LogP) is -0.0375. The summed E-state index contributed by atoms with van der Waals surface area (Å²) in [6.07, 6.45) is 1.40. The topological polar surface area (TPSA) is 83.2 Å². The molecular weight excluding hydrogens is 270 g/mol. The monoisotopic (exact) mass is 291 g/mol. The Morgan fingerprint density at radius 2 is 2.00 bits per heavy atom. The summed E-state index contributed by atoms with van der Waals surface area (Å²) in [5, 5.41) is 0. The minimum atomic E-state index is 0.0255. The standard InChI is InChI=1S/C14H21N5O2/c1-18-6-8-19(9-7-18)14(20)10-21-13-4-2-12(3-5-13)16-11-17-15/h2-5,11H,6-10,15H2,1H3,(H,16,17). The van der Waals surface area contributed by atoms with Crippen LogP contribution in [0.1, 0.15) is 0 Å². The van der Waals surface area contributed by atoms with Crippen molar-refractivity contribution in [1.82, 2.24) is 15.2 Å². The minimum absolute atomic E-state index is 0.0255. The Morgan fingerprint density at radius 3 is 2.62 bits per heavy atom. The van der Waals surface area contributed by atoms with Crippen molar-refractivity contribution in [3.05, 3.63) is 24.3 Å². The molecule has 0 spiro atoms. The number of amides is 1. The molecule has 7 nitrogen and oxygen atoms in total. The van der Waals surface area contributed by atoms with Gasteiger partial charge in [0, 0.05) is 26.2 Å². The molecule has 0 atom stereocenters. The molecule has 0 aromatic heterocycles. The first-order valence-electron chi connectivity index (χ1n) is 6.87. The average molecular weight is 291 g/mol. The van der Waals surface area contributed by atoms with E-state index < -0.39 is 0 Å². The average Bonchev–Trinajstić information content (AvgIpc) is 2.52. The van der Waals surface area contributed by atoms with Gasteiger partial charge in [-0.25, -0.2) is 10.8 Å². The maximum atomic E-state index is 12.0. The number of benzene rings is 1. The van der Waals surface area contributed by atoms with Crippen LogP contribution in [0.15, 0.2) is 29.3 Å². The molecule has 1 amide bonds. The lowest BCUT2D eigenvalue weighted by molar-refractivity contribution is -0.134. The fourth-order valence-electron chi connectivity index (χ4n) is 2.03. The number of hydrazine groups is 1. The number of carbonyl (C=O) groups is 1. The summed E-state index contributed by atoms with van der Waals surface area (Å²) < 4.78 is 5.51. The van der Waals surface area contributed by atoms with E-state index in [9.17, 15) is 4.79 Å². The molecule has 0 unspecified atom stereocenters. The van der Waals surface area contributed by atoms with Gasteiger partial charge in [0.2, 0.25) is 0 Å². The fourth-order valence-corrected chi connectivity index (χ4v) is 2.03. The summed E-state index contributed by atoms with van der Waals surface area (Å²) in [5.41, 5.74) is 3.09. The molecule has 1 heterocycles. The number of aliphatic imine (C=N–C) groups is 1. The van der Waals surface area contributed by atoms with Crippen molar-refractivity contribution in [2.24, 2.45) is 10.8 Å². The third-order valence-electron chi connectivity index (χ3n) is 3.34. The van der Waals surface area contributed by atoms with Crippen LogP contribution in [0.5, 0.6) is 5.75 Å². The molecule has 1 aliphatic heterocycles. The van der Waals surface area contributed by atoms with E-state index >= 15 is 0 Å². The van der Waals surface area contributed by atoms with E-state index in [2.05, 4.69) is 22.4 Å². The fraction of sp³-hybridized carbons (Fsp3) is 0.429. The van der Waals surface area contributed by atoms with Crippen LogP contribution in [0.3, 0.4) is 0 Å². The van der Waals surface area contributed by atoms with Gasteiger partial charge in [0.05, 0.1) is 5.69 Å². The number of likely N-dealkylation sites (N-methyl/N-ethyl adjacent to an activating group) is 1. The molecule has 1 saturated heterocycles. The Labute approximate surface area is 124 Å². The highest BCUT2D eigenvalue weighted by molar-refractivity contribution is 5.77. The first kappa shape index (κ1) is 15.3. The second-order valence-corrected chi connectivity index (χ2v) is 4.89. The van der Waals surface area contributed by atoms with Crippen LogP contribution in [0.4, 0.5) is 5.69 Å². The molecular formula is C14H21N5O2. The third-order valence-corrected chi connectivity index (χ3v) is 3.34. The summed E-state index contributed by atoms with van der Waals surface area (Å²) >= 11 is 0. The van der Waals surface area contributed by atoms with Crippen LogP contribution in [0.25, 0.3) is 0 Å². The summed E-state index contributed by atoms with van der Waals surface area (Å²) in [6.45, 7) is 3.41. The molecule has 3 N–H and O–H groups in total. The second-order valence-electron chi connectivity index (χ2n) is 4.89. The lowest BCUT2D eigenvalue weighted by Gasteiger charge is -2.32. The van der Waals surface area contributed by atoms with Crippen molar-refractivity contribution in [2.45, 2.75) is 0 Å². The van der Waals surface area contributed by atoms with E-state index in [-0.39, 0.29) is 12.5 Å².